The lowest BCUT2D eigenvalue weighted by atomic mass is 10.1. The fourth-order valence-corrected chi connectivity index (χ4v) is 3.44. The van der Waals surface area contributed by atoms with Gasteiger partial charge in [0.1, 0.15) is 0 Å². The van der Waals surface area contributed by atoms with E-state index in [-0.39, 0.29) is 12.4 Å². The second-order valence-corrected chi connectivity index (χ2v) is 6.29. The van der Waals surface area contributed by atoms with E-state index in [2.05, 4.69) is 9.71 Å². The van der Waals surface area contributed by atoms with Crippen molar-refractivity contribution in [3.63, 3.8) is 0 Å². The maximum atomic E-state index is 11.9. The van der Waals surface area contributed by atoms with Gasteiger partial charge >= 0.3 is 0 Å². The predicted molar refractivity (Wildman–Crippen MR) is 70.7 cm³/mol. The van der Waals surface area contributed by atoms with Crippen LogP contribution < -0.4 is 4.72 Å². The highest BCUT2D eigenvalue weighted by atomic mass is 32.2. The molecule has 2 rings (SSSR count). The first kappa shape index (κ1) is 13.0. The van der Waals surface area contributed by atoms with E-state index in [1.54, 1.807) is 29.6 Å². The van der Waals surface area contributed by atoms with E-state index in [4.69, 9.17) is 5.11 Å². The van der Waals surface area contributed by atoms with Crippen LogP contribution in [-0.2, 0) is 22.4 Å². The average Bonchev–Trinajstić information content (AvgIpc) is 2.80. The number of hydrogen-bond acceptors (Lipinski definition) is 5. The van der Waals surface area contributed by atoms with Crippen LogP contribution in [0.1, 0.15) is 11.1 Å². The molecular weight excluding hydrogens is 272 g/mol. The fourth-order valence-electron chi connectivity index (χ4n) is 1.48. The summed E-state index contributed by atoms with van der Waals surface area (Å²) < 4.78 is 26.1. The van der Waals surface area contributed by atoms with Crippen molar-refractivity contribution >= 4 is 26.5 Å². The molecule has 0 aliphatic rings. The van der Waals surface area contributed by atoms with Gasteiger partial charge in [0.15, 0.2) is 5.13 Å². The van der Waals surface area contributed by atoms with E-state index in [0.29, 0.717) is 16.3 Å². The van der Waals surface area contributed by atoms with Crippen LogP contribution in [0, 0.1) is 0 Å². The van der Waals surface area contributed by atoms with Gasteiger partial charge in [-0.2, -0.15) is 0 Å². The lowest BCUT2D eigenvalue weighted by molar-refractivity contribution is 0.282. The molecule has 2 N–H and O–H groups in total. The van der Waals surface area contributed by atoms with Gasteiger partial charge in [-0.05, 0) is 11.1 Å². The highest BCUT2D eigenvalue weighted by molar-refractivity contribution is 7.92. The molecule has 5 nitrogen and oxygen atoms in total. The number of aromatic nitrogens is 1. The zero-order chi connectivity index (χ0) is 13.0. The third-order valence-corrected chi connectivity index (χ3v) is 4.24. The summed E-state index contributed by atoms with van der Waals surface area (Å²) in [4.78, 5) is 3.87. The number of nitrogens with zero attached hydrogens (tertiary/aromatic N) is 1. The Kier molecular flexibility index (Phi) is 3.95. The Bertz CT molecular complexity index is 609. The Labute approximate surface area is 109 Å². The van der Waals surface area contributed by atoms with Gasteiger partial charge in [0.05, 0.1) is 12.4 Å². The van der Waals surface area contributed by atoms with E-state index >= 15 is 0 Å². The first-order valence-electron chi connectivity index (χ1n) is 5.18. The van der Waals surface area contributed by atoms with Crippen LogP contribution in [0.5, 0.6) is 0 Å². The summed E-state index contributed by atoms with van der Waals surface area (Å²) in [6.45, 7) is -0.103. The first-order valence-corrected chi connectivity index (χ1v) is 7.71. The largest absolute Gasteiger partial charge is 0.392 e. The minimum atomic E-state index is -3.47. The zero-order valence-corrected chi connectivity index (χ0v) is 11.0. The number of anilines is 1. The monoisotopic (exact) mass is 284 g/mol. The molecule has 7 heteroatoms. The van der Waals surface area contributed by atoms with Crippen molar-refractivity contribution in [2.75, 3.05) is 4.72 Å². The molecule has 0 aliphatic heterocycles. The van der Waals surface area contributed by atoms with Crippen molar-refractivity contribution in [2.24, 2.45) is 0 Å². The Morgan fingerprint density at radius 2 is 2.11 bits per heavy atom. The molecule has 18 heavy (non-hydrogen) atoms. The van der Waals surface area contributed by atoms with Crippen LogP contribution in [0.15, 0.2) is 35.8 Å². The highest BCUT2D eigenvalue weighted by Crippen LogP contribution is 2.15. The van der Waals surface area contributed by atoms with Crippen LogP contribution in [0.2, 0.25) is 0 Å². The Hall–Kier alpha value is -1.44. The third-order valence-electron chi connectivity index (χ3n) is 2.21. The molecule has 1 aromatic carbocycles. The predicted octanol–water partition coefficient (Wildman–Crippen LogP) is 1.58. The standard InChI is InChI=1S/C11H12N2O3S2/c14-7-9-2-1-3-10(6-9)8-18(15,16)13-11-12-4-5-17-11/h1-6,14H,7-8H2,(H,12,13). The summed E-state index contributed by atoms with van der Waals surface area (Å²) in [7, 11) is -3.47. The molecule has 0 aliphatic carbocycles. The Balaban J connectivity index is 2.12. The normalized spacial score (nSPS) is 11.4. The maximum Gasteiger partial charge on any atom is 0.238 e. The van der Waals surface area contributed by atoms with Gasteiger partial charge in [0.25, 0.3) is 0 Å². The van der Waals surface area contributed by atoms with Crippen LogP contribution in [0.3, 0.4) is 0 Å². The molecule has 0 bridgehead atoms. The fraction of sp³-hybridized carbons (Fsp3) is 0.182. The number of aliphatic hydroxyl groups is 1. The van der Waals surface area contributed by atoms with Crippen molar-refractivity contribution in [1.29, 1.82) is 0 Å². The number of thiazole rings is 1. The van der Waals surface area contributed by atoms with E-state index in [0.717, 1.165) is 0 Å². The number of benzene rings is 1. The maximum absolute atomic E-state index is 11.9. The Morgan fingerprint density at radius 3 is 2.78 bits per heavy atom. The minimum Gasteiger partial charge on any atom is -0.392 e. The molecule has 0 fully saturated rings. The third kappa shape index (κ3) is 3.52. The second-order valence-electron chi connectivity index (χ2n) is 3.68. The van der Waals surface area contributed by atoms with Gasteiger partial charge in [-0.25, -0.2) is 13.4 Å². The summed E-state index contributed by atoms with van der Waals surface area (Å²) >= 11 is 1.23. The van der Waals surface area contributed by atoms with Crippen LogP contribution in [0.25, 0.3) is 0 Å². The van der Waals surface area contributed by atoms with E-state index in [9.17, 15) is 8.42 Å². The number of sulfonamides is 1. The number of rotatable bonds is 5. The molecule has 96 valence electrons. The number of aliphatic hydroxyl groups excluding tert-OH is 1. The first-order chi connectivity index (χ1) is 8.59. The molecule has 1 heterocycles. The van der Waals surface area contributed by atoms with Gasteiger partial charge in [0, 0.05) is 11.6 Å². The van der Waals surface area contributed by atoms with Gasteiger partial charge in [-0.3, -0.25) is 4.72 Å². The second kappa shape index (κ2) is 5.47. The van der Waals surface area contributed by atoms with Crippen molar-refractivity contribution < 1.29 is 13.5 Å². The van der Waals surface area contributed by atoms with E-state index in [1.165, 1.54) is 17.5 Å². The number of hydrogen-bond donors (Lipinski definition) is 2. The molecule has 0 amide bonds. The summed E-state index contributed by atoms with van der Waals surface area (Å²) in [6, 6.07) is 6.84. The van der Waals surface area contributed by atoms with Crippen molar-refractivity contribution in [2.45, 2.75) is 12.4 Å². The van der Waals surface area contributed by atoms with E-state index < -0.39 is 10.0 Å². The molecule has 1 aromatic heterocycles. The number of nitrogens with one attached hydrogen (secondary N) is 1. The molecule has 0 spiro atoms. The quantitative estimate of drug-likeness (QED) is 0.873. The Morgan fingerprint density at radius 1 is 1.33 bits per heavy atom. The average molecular weight is 284 g/mol. The highest BCUT2D eigenvalue weighted by Gasteiger charge is 2.13. The van der Waals surface area contributed by atoms with Crippen molar-refractivity contribution in [3.05, 3.63) is 47.0 Å². The molecular formula is C11H12N2O3S2. The summed E-state index contributed by atoms with van der Waals surface area (Å²) in [5.74, 6) is -0.138. The molecule has 0 saturated carbocycles. The van der Waals surface area contributed by atoms with Gasteiger partial charge in [-0.1, -0.05) is 24.3 Å². The van der Waals surface area contributed by atoms with Crippen LogP contribution in [0.4, 0.5) is 5.13 Å². The molecule has 2 aromatic rings. The summed E-state index contributed by atoms with van der Waals surface area (Å²) in [6.07, 6.45) is 1.54. The summed E-state index contributed by atoms with van der Waals surface area (Å²) in [5.41, 5.74) is 1.32. The SMILES string of the molecule is O=S(=O)(Cc1cccc(CO)c1)Nc1nccs1. The molecule has 0 radical (unpaired) electrons. The topological polar surface area (TPSA) is 79.3 Å². The smallest absolute Gasteiger partial charge is 0.238 e. The lowest BCUT2D eigenvalue weighted by Crippen LogP contribution is -2.15. The summed E-state index contributed by atoms with van der Waals surface area (Å²) in [5, 5.41) is 11.0. The van der Waals surface area contributed by atoms with Crippen LogP contribution >= 0.6 is 11.3 Å². The molecule has 0 atom stereocenters. The van der Waals surface area contributed by atoms with Crippen LogP contribution in [-0.4, -0.2) is 18.5 Å². The van der Waals surface area contributed by atoms with Gasteiger partial charge in [0.2, 0.25) is 10.0 Å². The molecule has 0 unspecified atom stereocenters. The van der Waals surface area contributed by atoms with Gasteiger partial charge in [-0.15, -0.1) is 11.3 Å². The van der Waals surface area contributed by atoms with Crippen molar-refractivity contribution in [1.82, 2.24) is 4.98 Å². The van der Waals surface area contributed by atoms with Crippen molar-refractivity contribution in [3.8, 4) is 0 Å². The minimum absolute atomic E-state index is 0.103. The molecule has 0 saturated heterocycles. The van der Waals surface area contributed by atoms with E-state index in [1.807, 2.05) is 0 Å². The van der Waals surface area contributed by atoms with Gasteiger partial charge < -0.3 is 5.11 Å². The zero-order valence-electron chi connectivity index (χ0n) is 9.41. The lowest BCUT2D eigenvalue weighted by Gasteiger charge is -2.06.